The van der Waals surface area contributed by atoms with Crippen LogP contribution in [0.5, 0.6) is 5.75 Å². The van der Waals surface area contributed by atoms with Gasteiger partial charge >= 0.3 is 0 Å². The SMILES string of the molecule is CCNCc1cc(F)ccc1OCc1ccc(Br)cc1. The molecule has 2 aromatic carbocycles. The van der Waals surface area contributed by atoms with Crippen LogP contribution in [0.3, 0.4) is 0 Å². The Bertz CT molecular complexity index is 557. The molecule has 0 saturated carbocycles. The highest BCUT2D eigenvalue weighted by atomic mass is 79.9. The molecule has 0 spiro atoms. The van der Waals surface area contributed by atoms with Gasteiger partial charge in [0, 0.05) is 16.6 Å². The van der Waals surface area contributed by atoms with Crippen molar-refractivity contribution in [1.82, 2.24) is 5.32 Å². The molecule has 1 N–H and O–H groups in total. The van der Waals surface area contributed by atoms with E-state index in [1.807, 2.05) is 31.2 Å². The summed E-state index contributed by atoms with van der Waals surface area (Å²) in [6.45, 7) is 3.92. The van der Waals surface area contributed by atoms with E-state index in [9.17, 15) is 4.39 Å². The molecule has 20 heavy (non-hydrogen) atoms. The fourth-order valence-electron chi connectivity index (χ4n) is 1.83. The summed E-state index contributed by atoms with van der Waals surface area (Å²) in [6.07, 6.45) is 0. The van der Waals surface area contributed by atoms with Gasteiger partial charge in [0.2, 0.25) is 0 Å². The van der Waals surface area contributed by atoms with Crippen molar-refractivity contribution in [2.75, 3.05) is 6.54 Å². The fourth-order valence-corrected chi connectivity index (χ4v) is 2.09. The Morgan fingerprint density at radius 2 is 1.90 bits per heavy atom. The lowest BCUT2D eigenvalue weighted by Gasteiger charge is -2.12. The number of halogens is 2. The van der Waals surface area contributed by atoms with E-state index in [2.05, 4.69) is 21.2 Å². The lowest BCUT2D eigenvalue weighted by Crippen LogP contribution is -2.13. The largest absolute Gasteiger partial charge is 0.489 e. The standard InChI is InChI=1S/C16H17BrFNO/c1-2-19-10-13-9-15(18)7-8-16(13)20-11-12-3-5-14(17)6-4-12/h3-9,19H,2,10-11H2,1H3. The van der Waals surface area contributed by atoms with Gasteiger partial charge in [0.15, 0.2) is 0 Å². The highest BCUT2D eigenvalue weighted by Crippen LogP contribution is 2.21. The number of hydrogen-bond acceptors (Lipinski definition) is 2. The van der Waals surface area contributed by atoms with Gasteiger partial charge in [0.05, 0.1) is 0 Å². The van der Waals surface area contributed by atoms with Gasteiger partial charge in [-0.2, -0.15) is 0 Å². The van der Waals surface area contributed by atoms with Gasteiger partial charge in [-0.3, -0.25) is 0 Å². The zero-order valence-electron chi connectivity index (χ0n) is 11.3. The molecule has 2 aromatic rings. The topological polar surface area (TPSA) is 21.3 Å². The van der Waals surface area contributed by atoms with E-state index in [0.717, 1.165) is 27.9 Å². The maximum Gasteiger partial charge on any atom is 0.124 e. The molecule has 0 saturated heterocycles. The minimum absolute atomic E-state index is 0.242. The van der Waals surface area contributed by atoms with Crippen LogP contribution in [0.2, 0.25) is 0 Å². The van der Waals surface area contributed by atoms with Crippen LogP contribution in [-0.4, -0.2) is 6.54 Å². The van der Waals surface area contributed by atoms with Crippen molar-refractivity contribution in [2.45, 2.75) is 20.1 Å². The normalized spacial score (nSPS) is 10.6. The van der Waals surface area contributed by atoms with E-state index < -0.39 is 0 Å². The van der Waals surface area contributed by atoms with Gasteiger partial charge in [0.25, 0.3) is 0 Å². The molecule has 0 radical (unpaired) electrons. The van der Waals surface area contributed by atoms with Gasteiger partial charge in [0.1, 0.15) is 18.2 Å². The third kappa shape index (κ3) is 4.32. The Morgan fingerprint density at radius 1 is 1.15 bits per heavy atom. The van der Waals surface area contributed by atoms with Crippen molar-refractivity contribution in [2.24, 2.45) is 0 Å². The second-order valence-electron chi connectivity index (χ2n) is 4.45. The highest BCUT2D eigenvalue weighted by molar-refractivity contribution is 9.10. The van der Waals surface area contributed by atoms with E-state index >= 15 is 0 Å². The third-order valence-electron chi connectivity index (χ3n) is 2.90. The maximum absolute atomic E-state index is 13.3. The van der Waals surface area contributed by atoms with E-state index in [4.69, 9.17) is 4.74 Å². The molecule has 106 valence electrons. The van der Waals surface area contributed by atoms with Crippen LogP contribution >= 0.6 is 15.9 Å². The van der Waals surface area contributed by atoms with Crippen molar-refractivity contribution in [3.63, 3.8) is 0 Å². The van der Waals surface area contributed by atoms with Crippen LogP contribution in [-0.2, 0) is 13.2 Å². The number of ether oxygens (including phenoxy) is 1. The van der Waals surface area contributed by atoms with E-state index in [-0.39, 0.29) is 5.82 Å². The highest BCUT2D eigenvalue weighted by Gasteiger charge is 2.05. The first-order valence-electron chi connectivity index (χ1n) is 6.55. The van der Waals surface area contributed by atoms with Gasteiger partial charge in [-0.05, 0) is 42.4 Å². The van der Waals surface area contributed by atoms with E-state index in [1.54, 1.807) is 6.07 Å². The second kappa shape index (κ2) is 7.41. The van der Waals surface area contributed by atoms with Gasteiger partial charge in [-0.25, -0.2) is 4.39 Å². The quantitative estimate of drug-likeness (QED) is 0.849. The molecule has 0 aliphatic heterocycles. The van der Waals surface area contributed by atoms with Crippen LogP contribution in [0.25, 0.3) is 0 Å². The van der Waals surface area contributed by atoms with Crippen LogP contribution in [0, 0.1) is 5.82 Å². The molecule has 0 aliphatic rings. The minimum Gasteiger partial charge on any atom is -0.489 e. The molecule has 0 heterocycles. The lowest BCUT2D eigenvalue weighted by atomic mass is 10.2. The van der Waals surface area contributed by atoms with Crippen molar-refractivity contribution in [3.05, 3.63) is 63.9 Å². The summed E-state index contributed by atoms with van der Waals surface area (Å²) in [5, 5.41) is 3.18. The average Bonchev–Trinajstić information content (AvgIpc) is 2.46. The molecule has 0 unspecified atom stereocenters. The number of benzene rings is 2. The summed E-state index contributed by atoms with van der Waals surface area (Å²) in [6, 6.07) is 12.6. The summed E-state index contributed by atoms with van der Waals surface area (Å²) in [5.74, 6) is 0.476. The fraction of sp³-hybridized carbons (Fsp3) is 0.250. The van der Waals surface area contributed by atoms with Crippen molar-refractivity contribution >= 4 is 15.9 Å². The summed E-state index contributed by atoms with van der Waals surface area (Å²) in [4.78, 5) is 0. The molecule has 2 rings (SSSR count). The summed E-state index contributed by atoms with van der Waals surface area (Å²) in [7, 11) is 0. The summed E-state index contributed by atoms with van der Waals surface area (Å²) in [5.41, 5.74) is 1.91. The van der Waals surface area contributed by atoms with E-state index in [0.29, 0.717) is 13.2 Å². The van der Waals surface area contributed by atoms with Gasteiger partial charge < -0.3 is 10.1 Å². The third-order valence-corrected chi connectivity index (χ3v) is 3.42. The van der Waals surface area contributed by atoms with Crippen LogP contribution in [0.4, 0.5) is 4.39 Å². The van der Waals surface area contributed by atoms with Crippen molar-refractivity contribution in [1.29, 1.82) is 0 Å². The van der Waals surface area contributed by atoms with Crippen LogP contribution in [0.15, 0.2) is 46.9 Å². The molecular formula is C16H17BrFNO. The predicted molar refractivity (Wildman–Crippen MR) is 82.3 cm³/mol. The van der Waals surface area contributed by atoms with Crippen LogP contribution in [0.1, 0.15) is 18.1 Å². The minimum atomic E-state index is -0.242. The Hall–Kier alpha value is -1.39. The van der Waals surface area contributed by atoms with E-state index in [1.165, 1.54) is 12.1 Å². The van der Waals surface area contributed by atoms with Crippen molar-refractivity contribution in [3.8, 4) is 5.75 Å². The molecule has 0 fully saturated rings. The molecule has 0 amide bonds. The molecule has 0 bridgehead atoms. The first kappa shape index (κ1) is 15.0. The Morgan fingerprint density at radius 3 is 2.60 bits per heavy atom. The first-order valence-corrected chi connectivity index (χ1v) is 7.34. The predicted octanol–water partition coefficient (Wildman–Crippen LogP) is 4.28. The molecule has 4 heteroatoms. The summed E-state index contributed by atoms with van der Waals surface area (Å²) < 4.78 is 20.1. The summed E-state index contributed by atoms with van der Waals surface area (Å²) >= 11 is 3.40. The Balaban J connectivity index is 2.06. The average molecular weight is 338 g/mol. The number of hydrogen-bond donors (Lipinski definition) is 1. The number of rotatable bonds is 6. The molecule has 0 atom stereocenters. The molecule has 0 aliphatic carbocycles. The van der Waals surface area contributed by atoms with Gasteiger partial charge in [-0.15, -0.1) is 0 Å². The molecule has 2 nitrogen and oxygen atoms in total. The number of nitrogens with one attached hydrogen (secondary N) is 1. The molecular weight excluding hydrogens is 321 g/mol. The van der Waals surface area contributed by atoms with Gasteiger partial charge in [-0.1, -0.05) is 35.0 Å². The smallest absolute Gasteiger partial charge is 0.124 e. The first-order chi connectivity index (χ1) is 9.69. The van der Waals surface area contributed by atoms with Crippen molar-refractivity contribution < 1.29 is 9.13 Å². The monoisotopic (exact) mass is 337 g/mol. The zero-order chi connectivity index (χ0) is 14.4. The Kier molecular flexibility index (Phi) is 5.56. The maximum atomic E-state index is 13.3. The Labute approximate surface area is 127 Å². The van der Waals surface area contributed by atoms with Crippen LogP contribution < -0.4 is 10.1 Å². The zero-order valence-corrected chi connectivity index (χ0v) is 12.9. The second-order valence-corrected chi connectivity index (χ2v) is 5.36. The molecule has 0 aromatic heterocycles. The lowest BCUT2D eigenvalue weighted by molar-refractivity contribution is 0.301.